The van der Waals surface area contributed by atoms with E-state index < -0.39 is 47.1 Å². The Bertz CT molecular complexity index is 1020. The lowest BCUT2D eigenvalue weighted by atomic mass is 9.97. The number of carbonyl (C=O) groups excluding carboxylic acids is 4. The van der Waals surface area contributed by atoms with E-state index in [9.17, 15) is 19.2 Å². The lowest BCUT2D eigenvalue weighted by Gasteiger charge is -2.35. The maximum absolute atomic E-state index is 13.8. The van der Waals surface area contributed by atoms with Gasteiger partial charge in [-0.05, 0) is 45.2 Å². The molecule has 3 aliphatic rings. The third kappa shape index (κ3) is 4.64. The summed E-state index contributed by atoms with van der Waals surface area (Å²) in [6.45, 7) is 5.06. The highest BCUT2D eigenvalue weighted by Crippen LogP contribution is 2.41. The molecule has 4 rings (SSSR count). The number of carbonyl (C=O) groups is 4. The van der Waals surface area contributed by atoms with Gasteiger partial charge in [0.05, 0.1) is 6.54 Å². The lowest BCUT2D eigenvalue weighted by molar-refractivity contribution is -0.142. The van der Waals surface area contributed by atoms with E-state index in [0.29, 0.717) is 18.1 Å². The number of fused-ring (bicyclic) bond motifs is 1. The summed E-state index contributed by atoms with van der Waals surface area (Å²) in [4.78, 5) is 58.6. The summed E-state index contributed by atoms with van der Waals surface area (Å²) in [7, 11) is 1.51. The van der Waals surface area contributed by atoms with E-state index in [-0.39, 0.29) is 18.8 Å². The third-order valence-electron chi connectivity index (χ3n) is 6.35. The van der Waals surface area contributed by atoms with Crippen LogP contribution in [0.5, 0.6) is 5.75 Å². The zero-order chi connectivity index (χ0) is 24.8. The number of hydrogen-bond donors (Lipinski definition) is 2. The number of nitrogens with one attached hydrogen (secondary N) is 1. The van der Waals surface area contributed by atoms with Crippen LogP contribution in [0, 0.1) is 5.92 Å². The zero-order valence-electron chi connectivity index (χ0n) is 19.9. The number of likely N-dealkylation sites (N-methyl/N-ethyl adjacent to an activating group) is 1. The van der Waals surface area contributed by atoms with Gasteiger partial charge in [-0.25, -0.2) is 9.78 Å². The fourth-order valence-electron chi connectivity index (χ4n) is 4.39. The number of nitrogens with two attached hydrogens (primary N) is 1. The number of anilines is 1. The number of pyridine rings is 1. The van der Waals surface area contributed by atoms with Crippen molar-refractivity contribution in [1.82, 2.24) is 14.8 Å². The summed E-state index contributed by atoms with van der Waals surface area (Å²) < 4.78 is 11.5. The number of hydrogen-bond acceptors (Lipinski definition) is 7. The molecule has 1 saturated heterocycles. The predicted octanol–water partition coefficient (Wildman–Crippen LogP) is 1.27. The highest BCUT2D eigenvalue weighted by molar-refractivity contribution is 6.02. The van der Waals surface area contributed by atoms with Crippen LogP contribution in [0.3, 0.4) is 0 Å². The number of primary amides is 1. The smallest absolute Gasteiger partial charge is 0.410 e. The van der Waals surface area contributed by atoms with Gasteiger partial charge in [-0.3, -0.25) is 19.3 Å². The molecule has 1 aromatic rings. The molecule has 3 atom stereocenters. The zero-order valence-corrected chi connectivity index (χ0v) is 19.9. The first-order valence-electron chi connectivity index (χ1n) is 11.4. The fourth-order valence-corrected chi connectivity index (χ4v) is 4.39. The molecule has 3 heterocycles. The van der Waals surface area contributed by atoms with Gasteiger partial charge in [0.25, 0.3) is 5.91 Å². The number of rotatable bonds is 5. The Hall–Kier alpha value is -3.37. The van der Waals surface area contributed by atoms with Crippen LogP contribution in [0.1, 0.15) is 46.5 Å². The maximum Gasteiger partial charge on any atom is 0.410 e. The van der Waals surface area contributed by atoms with Crippen LogP contribution in [0.25, 0.3) is 0 Å². The molecule has 1 saturated carbocycles. The van der Waals surface area contributed by atoms with Crippen molar-refractivity contribution in [2.24, 2.45) is 11.7 Å². The van der Waals surface area contributed by atoms with Gasteiger partial charge < -0.3 is 25.4 Å². The van der Waals surface area contributed by atoms with Crippen LogP contribution in [0.15, 0.2) is 18.3 Å². The monoisotopic (exact) mass is 473 g/mol. The van der Waals surface area contributed by atoms with Crippen molar-refractivity contribution in [3.63, 3.8) is 0 Å². The highest BCUT2D eigenvalue weighted by atomic mass is 16.6. The summed E-state index contributed by atoms with van der Waals surface area (Å²) >= 11 is 0. The van der Waals surface area contributed by atoms with Crippen molar-refractivity contribution in [2.75, 3.05) is 18.9 Å². The molecule has 1 spiro atoms. The van der Waals surface area contributed by atoms with E-state index in [2.05, 4.69) is 10.3 Å². The van der Waals surface area contributed by atoms with Gasteiger partial charge in [-0.15, -0.1) is 0 Å². The summed E-state index contributed by atoms with van der Waals surface area (Å²) in [6.07, 6.45) is 3.15. The van der Waals surface area contributed by atoms with E-state index in [4.69, 9.17) is 15.2 Å². The minimum Gasteiger partial charge on any atom is -0.472 e. The van der Waals surface area contributed by atoms with Crippen molar-refractivity contribution in [1.29, 1.82) is 0 Å². The molecule has 11 nitrogen and oxygen atoms in total. The Morgan fingerprint density at radius 1 is 1.38 bits per heavy atom. The standard InChI is InChI=1S/C23H31N5O6/c1-22(2,3)34-21(32)27(4)14(10-13-7-8-13)19(30)28-12-23(11-15(28)17(24)29)20(31)26-18-16(33-23)6-5-9-25-18/h5-6,9,13-15H,7-8,10-12H2,1-4H3,(H2,24,29)(H,25,26,31)/t14-,15-,23+/m0/s1. The molecule has 2 aliphatic heterocycles. The van der Waals surface area contributed by atoms with Gasteiger partial charge in [0.1, 0.15) is 17.7 Å². The Labute approximate surface area is 197 Å². The van der Waals surface area contributed by atoms with Gasteiger partial charge in [-0.1, -0.05) is 12.8 Å². The summed E-state index contributed by atoms with van der Waals surface area (Å²) in [5.74, 6) is -0.790. The number of ether oxygens (including phenoxy) is 2. The number of aromatic nitrogens is 1. The third-order valence-corrected chi connectivity index (χ3v) is 6.35. The van der Waals surface area contributed by atoms with E-state index in [1.807, 2.05) is 0 Å². The largest absolute Gasteiger partial charge is 0.472 e. The summed E-state index contributed by atoms with van der Waals surface area (Å²) in [5, 5.41) is 2.70. The van der Waals surface area contributed by atoms with Crippen LogP contribution < -0.4 is 15.8 Å². The topological polar surface area (TPSA) is 144 Å². The molecular formula is C23H31N5O6. The van der Waals surface area contributed by atoms with Gasteiger partial charge in [0.2, 0.25) is 17.4 Å². The molecule has 4 amide bonds. The molecule has 11 heteroatoms. The van der Waals surface area contributed by atoms with E-state index in [0.717, 1.165) is 12.8 Å². The first-order chi connectivity index (χ1) is 15.9. The second kappa shape index (κ2) is 8.44. The molecule has 34 heavy (non-hydrogen) atoms. The Kier molecular flexibility index (Phi) is 5.91. The lowest BCUT2D eigenvalue weighted by Crippen LogP contribution is -2.56. The molecule has 3 N–H and O–H groups in total. The quantitative estimate of drug-likeness (QED) is 0.655. The minimum atomic E-state index is -1.49. The molecule has 0 unspecified atom stereocenters. The van der Waals surface area contributed by atoms with Gasteiger partial charge >= 0.3 is 6.09 Å². The van der Waals surface area contributed by atoms with Crippen LogP contribution in [-0.4, -0.2) is 75.5 Å². The molecule has 184 valence electrons. The number of amides is 4. The molecule has 2 fully saturated rings. The average molecular weight is 474 g/mol. The predicted molar refractivity (Wildman–Crippen MR) is 121 cm³/mol. The van der Waals surface area contributed by atoms with Crippen molar-refractivity contribution < 1.29 is 28.7 Å². The Morgan fingerprint density at radius 3 is 2.71 bits per heavy atom. The Balaban J connectivity index is 1.61. The van der Waals surface area contributed by atoms with Gasteiger partial charge in [0, 0.05) is 19.7 Å². The molecule has 1 aliphatic carbocycles. The second-order valence-corrected chi connectivity index (χ2v) is 10.3. The minimum absolute atomic E-state index is 0.0967. The average Bonchev–Trinajstić information content (AvgIpc) is 3.49. The van der Waals surface area contributed by atoms with Gasteiger partial charge in [0.15, 0.2) is 11.6 Å². The van der Waals surface area contributed by atoms with Gasteiger partial charge in [-0.2, -0.15) is 0 Å². The van der Waals surface area contributed by atoms with Crippen LogP contribution in [-0.2, 0) is 19.1 Å². The fraction of sp³-hybridized carbons (Fsp3) is 0.609. The maximum atomic E-state index is 13.8. The normalized spacial score (nSPS) is 24.6. The number of likely N-dealkylation sites (tertiary alicyclic amines) is 1. The van der Waals surface area contributed by atoms with Crippen molar-refractivity contribution >= 4 is 29.6 Å². The van der Waals surface area contributed by atoms with Crippen molar-refractivity contribution in [3.05, 3.63) is 18.3 Å². The SMILES string of the molecule is CN(C(=O)OC(C)(C)C)[C@@H](CC1CC1)C(=O)N1C[C@@]2(C[C@H]1C(N)=O)Oc1cccnc1NC2=O. The summed E-state index contributed by atoms with van der Waals surface area (Å²) in [6, 6.07) is 1.39. The van der Waals surface area contributed by atoms with Crippen molar-refractivity contribution in [2.45, 2.75) is 69.7 Å². The van der Waals surface area contributed by atoms with Crippen LogP contribution >= 0.6 is 0 Å². The molecule has 1 aromatic heterocycles. The van der Waals surface area contributed by atoms with E-state index in [1.165, 1.54) is 23.0 Å². The van der Waals surface area contributed by atoms with Crippen LogP contribution in [0.4, 0.5) is 10.6 Å². The van der Waals surface area contributed by atoms with E-state index >= 15 is 0 Å². The molecule has 0 radical (unpaired) electrons. The first kappa shape index (κ1) is 23.8. The molecule has 0 aromatic carbocycles. The number of nitrogens with zero attached hydrogens (tertiary/aromatic N) is 3. The second-order valence-electron chi connectivity index (χ2n) is 10.3. The first-order valence-corrected chi connectivity index (χ1v) is 11.4. The molecular weight excluding hydrogens is 442 g/mol. The summed E-state index contributed by atoms with van der Waals surface area (Å²) in [5.41, 5.74) is 3.43. The van der Waals surface area contributed by atoms with E-state index in [1.54, 1.807) is 32.9 Å². The Morgan fingerprint density at radius 2 is 2.09 bits per heavy atom. The molecule has 0 bridgehead atoms. The highest BCUT2D eigenvalue weighted by Gasteiger charge is 2.58. The van der Waals surface area contributed by atoms with Crippen LogP contribution in [0.2, 0.25) is 0 Å². The van der Waals surface area contributed by atoms with Crippen molar-refractivity contribution in [3.8, 4) is 5.75 Å².